The number of rotatable bonds is 3. The largest absolute Gasteiger partial charge is 0.373 e. The van der Waals surface area contributed by atoms with Gasteiger partial charge in [0.2, 0.25) is 0 Å². The summed E-state index contributed by atoms with van der Waals surface area (Å²) in [6.45, 7) is 6.37. The molecule has 1 spiro atoms. The Morgan fingerprint density at radius 1 is 1.16 bits per heavy atom. The standard InChI is InChI=1S/C17H25NO/c1-3-18-17(15-9-5-4-8-14(15)2)11-7-6-10-16(17)12-13-19-16/h4-5,8-9,18H,3,6-7,10-13H2,1-2H3/t16?,17-/m1/s1. The second-order valence-electron chi connectivity index (χ2n) is 6.05. The molecule has 1 aromatic rings. The summed E-state index contributed by atoms with van der Waals surface area (Å²) in [6, 6.07) is 8.83. The van der Waals surface area contributed by atoms with Crippen LogP contribution in [0, 0.1) is 6.92 Å². The quantitative estimate of drug-likeness (QED) is 0.896. The molecule has 2 fully saturated rings. The zero-order chi connectivity index (χ0) is 13.3. The summed E-state index contributed by atoms with van der Waals surface area (Å²) in [6.07, 6.45) is 6.21. The van der Waals surface area contributed by atoms with Crippen LogP contribution in [0.15, 0.2) is 24.3 Å². The maximum absolute atomic E-state index is 6.17. The van der Waals surface area contributed by atoms with Crippen molar-refractivity contribution in [2.75, 3.05) is 13.2 Å². The predicted molar refractivity (Wildman–Crippen MR) is 78.3 cm³/mol. The highest BCUT2D eigenvalue weighted by Crippen LogP contribution is 2.53. The van der Waals surface area contributed by atoms with Crippen molar-refractivity contribution >= 4 is 0 Å². The fourth-order valence-corrected chi connectivity index (χ4v) is 4.20. The number of likely N-dealkylation sites (N-methyl/N-ethyl adjacent to an activating group) is 1. The lowest BCUT2D eigenvalue weighted by Crippen LogP contribution is -2.67. The van der Waals surface area contributed by atoms with E-state index in [4.69, 9.17) is 4.74 Å². The Labute approximate surface area is 116 Å². The Morgan fingerprint density at radius 2 is 1.89 bits per heavy atom. The van der Waals surface area contributed by atoms with Gasteiger partial charge in [0.05, 0.1) is 17.7 Å². The number of benzene rings is 1. The maximum atomic E-state index is 6.17. The van der Waals surface area contributed by atoms with Crippen molar-refractivity contribution in [1.82, 2.24) is 5.32 Å². The third-order valence-electron chi connectivity index (χ3n) is 5.13. The van der Waals surface area contributed by atoms with E-state index in [9.17, 15) is 0 Å². The van der Waals surface area contributed by atoms with Crippen LogP contribution in [0.3, 0.4) is 0 Å². The molecule has 1 saturated heterocycles. The molecular weight excluding hydrogens is 234 g/mol. The summed E-state index contributed by atoms with van der Waals surface area (Å²) < 4.78 is 6.17. The van der Waals surface area contributed by atoms with Crippen LogP contribution in [0.25, 0.3) is 0 Å². The Morgan fingerprint density at radius 3 is 2.53 bits per heavy atom. The third-order valence-corrected chi connectivity index (χ3v) is 5.13. The monoisotopic (exact) mass is 259 g/mol. The van der Waals surface area contributed by atoms with Crippen LogP contribution in [-0.4, -0.2) is 18.8 Å². The molecule has 2 aliphatic rings. The van der Waals surface area contributed by atoms with Crippen molar-refractivity contribution in [1.29, 1.82) is 0 Å². The molecule has 1 N–H and O–H groups in total. The van der Waals surface area contributed by atoms with Gasteiger partial charge in [-0.2, -0.15) is 0 Å². The van der Waals surface area contributed by atoms with Gasteiger partial charge in [0.1, 0.15) is 0 Å². The van der Waals surface area contributed by atoms with Crippen LogP contribution in [0.4, 0.5) is 0 Å². The third kappa shape index (κ3) is 1.85. The fraction of sp³-hybridized carbons (Fsp3) is 0.647. The average Bonchev–Trinajstić information content (AvgIpc) is 2.38. The molecule has 1 unspecified atom stereocenters. The van der Waals surface area contributed by atoms with E-state index >= 15 is 0 Å². The van der Waals surface area contributed by atoms with Crippen molar-refractivity contribution < 1.29 is 4.74 Å². The van der Waals surface area contributed by atoms with Crippen LogP contribution >= 0.6 is 0 Å². The summed E-state index contributed by atoms with van der Waals surface area (Å²) in [4.78, 5) is 0. The van der Waals surface area contributed by atoms with Crippen molar-refractivity contribution in [2.45, 2.75) is 57.1 Å². The van der Waals surface area contributed by atoms with Gasteiger partial charge in [-0.25, -0.2) is 0 Å². The van der Waals surface area contributed by atoms with Crippen molar-refractivity contribution in [3.8, 4) is 0 Å². The lowest BCUT2D eigenvalue weighted by molar-refractivity contribution is -0.218. The molecular formula is C17H25NO. The molecule has 2 heteroatoms. The topological polar surface area (TPSA) is 21.3 Å². The molecule has 19 heavy (non-hydrogen) atoms. The number of ether oxygens (including phenoxy) is 1. The van der Waals surface area contributed by atoms with Crippen LogP contribution < -0.4 is 5.32 Å². The average molecular weight is 259 g/mol. The molecule has 0 radical (unpaired) electrons. The molecule has 0 amide bonds. The van der Waals surface area contributed by atoms with Crippen molar-refractivity contribution in [3.63, 3.8) is 0 Å². The fourth-order valence-electron chi connectivity index (χ4n) is 4.20. The first kappa shape index (κ1) is 13.1. The summed E-state index contributed by atoms with van der Waals surface area (Å²) >= 11 is 0. The Bertz CT molecular complexity index is 448. The minimum Gasteiger partial charge on any atom is -0.373 e. The van der Waals surface area contributed by atoms with E-state index in [0.717, 1.165) is 13.2 Å². The summed E-state index contributed by atoms with van der Waals surface area (Å²) in [7, 11) is 0. The molecule has 1 saturated carbocycles. The number of hydrogen-bond acceptors (Lipinski definition) is 2. The molecule has 0 aromatic heterocycles. The first-order chi connectivity index (χ1) is 9.24. The molecule has 1 aromatic carbocycles. The highest BCUT2D eigenvalue weighted by atomic mass is 16.5. The number of nitrogens with one attached hydrogen (secondary N) is 1. The van der Waals surface area contributed by atoms with Gasteiger partial charge in [-0.15, -0.1) is 0 Å². The van der Waals surface area contributed by atoms with Gasteiger partial charge in [-0.05, 0) is 37.4 Å². The minimum absolute atomic E-state index is 0.0313. The SMILES string of the molecule is CCN[C@@]1(c2ccccc2C)CCCCC12CCO2. The molecule has 0 bridgehead atoms. The molecule has 3 rings (SSSR count). The van der Waals surface area contributed by atoms with E-state index in [1.807, 2.05) is 0 Å². The van der Waals surface area contributed by atoms with Crippen molar-refractivity contribution in [3.05, 3.63) is 35.4 Å². The highest BCUT2D eigenvalue weighted by molar-refractivity contribution is 5.37. The van der Waals surface area contributed by atoms with Gasteiger partial charge in [0.25, 0.3) is 0 Å². The number of hydrogen-bond donors (Lipinski definition) is 1. The molecule has 2 atom stereocenters. The highest BCUT2D eigenvalue weighted by Gasteiger charge is 2.58. The molecule has 1 heterocycles. The van der Waals surface area contributed by atoms with Crippen LogP contribution in [0.2, 0.25) is 0 Å². The van der Waals surface area contributed by atoms with Gasteiger partial charge in [0, 0.05) is 6.42 Å². The van der Waals surface area contributed by atoms with E-state index < -0.39 is 0 Å². The second kappa shape index (κ2) is 4.92. The van der Waals surface area contributed by atoms with E-state index in [-0.39, 0.29) is 11.1 Å². The van der Waals surface area contributed by atoms with E-state index in [1.165, 1.54) is 43.2 Å². The van der Waals surface area contributed by atoms with Gasteiger partial charge in [0.15, 0.2) is 0 Å². The Hall–Kier alpha value is -0.860. The molecule has 104 valence electrons. The normalized spacial score (nSPS) is 34.2. The van der Waals surface area contributed by atoms with Crippen LogP contribution in [-0.2, 0) is 10.3 Å². The van der Waals surface area contributed by atoms with E-state index in [2.05, 4.69) is 43.4 Å². The molecule has 2 nitrogen and oxygen atoms in total. The Kier molecular flexibility index (Phi) is 3.40. The lowest BCUT2D eigenvalue weighted by atomic mass is 9.61. The smallest absolute Gasteiger partial charge is 0.0926 e. The minimum atomic E-state index is 0.0313. The van der Waals surface area contributed by atoms with Gasteiger partial charge in [-0.1, -0.05) is 44.0 Å². The van der Waals surface area contributed by atoms with Gasteiger partial charge < -0.3 is 10.1 Å². The second-order valence-corrected chi connectivity index (χ2v) is 6.05. The van der Waals surface area contributed by atoms with E-state index in [0.29, 0.717) is 0 Å². The van der Waals surface area contributed by atoms with Crippen LogP contribution in [0.1, 0.15) is 50.2 Å². The summed E-state index contributed by atoms with van der Waals surface area (Å²) in [5.74, 6) is 0. The lowest BCUT2D eigenvalue weighted by Gasteiger charge is -2.59. The zero-order valence-electron chi connectivity index (χ0n) is 12.2. The summed E-state index contributed by atoms with van der Waals surface area (Å²) in [5, 5.41) is 3.82. The van der Waals surface area contributed by atoms with Gasteiger partial charge in [-0.3, -0.25) is 0 Å². The van der Waals surface area contributed by atoms with Gasteiger partial charge >= 0.3 is 0 Å². The van der Waals surface area contributed by atoms with E-state index in [1.54, 1.807) is 0 Å². The van der Waals surface area contributed by atoms with Crippen LogP contribution in [0.5, 0.6) is 0 Å². The summed E-state index contributed by atoms with van der Waals surface area (Å²) in [5.41, 5.74) is 2.92. The Balaban J connectivity index is 2.09. The molecule has 1 aliphatic heterocycles. The first-order valence-electron chi connectivity index (χ1n) is 7.69. The zero-order valence-corrected chi connectivity index (χ0v) is 12.2. The van der Waals surface area contributed by atoms with Crippen molar-refractivity contribution in [2.24, 2.45) is 0 Å². The molecule has 1 aliphatic carbocycles. The number of aryl methyl sites for hydroxylation is 1. The maximum Gasteiger partial charge on any atom is 0.0926 e. The predicted octanol–water partition coefficient (Wildman–Crippen LogP) is 3.53. The first-order valence-corrected chi connectivity index (χ1v) is 7.69.